The zero-order chi connectivity index (χ0) is 16.0. The maximum absolute atomic E-state index is 11.9. The predicted molar refractivity (Wildman–Crippen MR) is 67.7 cm³/mol. The Morgan fingerprint density at radius 2 is 1.70 bits per heavy atom. The van der Waals surface area contributed by atoms with Crippen molar-refractivity contribution in [3.05, 3.63) is 0 Å². The largest absolute Gasteiger partial charge is 0.481 e. The van der Waals surface area contributed by atoms with E-state index in [0.29, 0.717) is 0 Å². The lowest BCUT2D eigenvalue weighted by atomic mass is 9.83. The Labute approximate surface area is 116 Å². The van der Waals surface area contributed by atoms with Crippen LogP contribution in [0.5, 0.6) is 0 Å². The molecule has 0 rings (SSSR count). The lowest BCUT2D eigenvalue weighted by Crippen LogP contribution is -2.43. The molecule has 0 radical (unpaired) electrons. The van der Waals surface area contributed by atoms with E-state index in [2.05, 4.69) is 4.72 Å². The van der Waals surface area contributed by atoms with E-state index >= 15 is 0 Å². The minimum Gasteiger partial charge on any atom is -0.481 e. The Bertz CT molecular complexity index is 416. The Hall–Kier alpha value is -0.830. The van der Waals surface area contributed by atoms with E-state index in [1.54, 1.807) is 13.8 Å². The van der Waals surface area contributed by atoms with Gasteiger partial charge in [0.25, 0.3) is 0 Å². The molecule has 0 aliphatic carbocycles. The highest BCUT2D eigenvalue weighted by molar-refractivity contribution is 7.89. The van der Waals surface area contributed by atoms with Crippen molar-refractivity contribution in [2.45, 2.75) is 45.7 Å². The SMILES string of the molecule is CCC(CC)(CNS(=O)(=O)CCCC(F)(F)F)C(=O)O. The first kappa shape index (κ1) is 19.2. The summed E-state index contributed by atoms with van der Waals surface area (Å²) in [6.45, 7) is 2.93. The molecule has 0 saturated carbocycles. The standard InChI is InChI=1S/C11H20F3NO4S/c1-3-10(4-2,9(16)17)8-15-20(18,19)7-5-6-11(12,13)14/h15H,3-8H2,1-2H3,(H,16,17). The third-order valence-corrected chi connectivity index (χ3v) is 4.72. The van der Waals surface area contributed by atoms with Crippen molar-refractivity contribution < 1.29 is 31.5 Å². The van der Waals surface area contributed by atoms with Crippen molar-refractivity contribution in [1.82, 2.24) is 4.72 Å². The monoisotopic (exact) mass is 319 g/mol. The number of hydrogen-bond acceptors (Lipinski definition) is 3. The van der Waals surface area contributed by atoms with Crippen LogP contribution in [0.1, 0.15) is 39.5 Å². The summed E-state index contributed by atoms with van der Waals surface area (Å²) in [6.07, 6.45) is -5.67. The van der Waals surface area contributed by atoms with Gasteiger partial charge in [0.15, 0.2) is 0 Å². The Morgan fingerprint density at radius 1 is 1.20 bits per heavy atom. The van der Waals surface area contributed by atoms with Crippen molar-refractivity contribution in [3.8, 4) is 0 Å². The summed E-state index contributed by atoms with van der Waals surface area (Å²) in [4.78, 5) is 11.2. The zero-order valence-electron chi connectivity index (χ0n) is 11.5. The number of halogens is 3. The van der Waals surface area contributed by atoms with Crippen LogP contribution in [0.3, 0.4) is 0 Å². The van der Waals surface area contributed by atoms with Crippen molar-refractivity contribution in [1.29, 1.82) is 0 Å². The van der Waals surface area contributed by atoms with Gasteiger partial charge in [0.2, 0.25) is 10.0 Å². The molecule has 0 heterocycles. The fourth-order valence-corrected chi connectivity index (χ4v) is 2.83. The number of carbonyl (C=O) groups is 1. The Balaban J connectivity index is 4.51. The molecule has 5 nitrogen and oxygen atoms in total. The van der Waals surface area contributed by atoms with Crippen molar-refractivity contribution >= 4 is 16.0 Å². The second-order valence-corrected chi connectivity index (χ2v) is 6.58. The first-order valence-corrected chi connectivity index (χ1v) is 7.91. The van der Waals surface area contributed by atoms with Crippen LogP contribution in [0.2, 0.25) is 0 Å². The van der Waals surface area contributed by atoms with E-state index < -0.39 is 46.2 Å². The number of carboxylic acid groups (broad SMARTS) is 1. The van der Waals surface area contributed by atoms with E-state index in [4.69, 9.17) is 5.11 Å². The molecule has 0 fully saturated rings. The van der Waals surface area contributed by atoms with Crippen LogP contribution in [-0.2, 0) is 14.8 Å². The van der Waals surface area contributed by atoms with Gasteiger partial charge in [0.1, 0.15) is 0 Å². The molecule has 120 valence electrons. The van der Waals surface area contributed by atoms with Gasteiger partial charge in [0, 0.05) is 13.0 Å². The van der Waals surface area contributed by atoms with E-state index in [-0.39, 0.29) is 19.4 Å². The van der Waals surface area contributed by atoms with Crippen LogP contribution in [0.4, 0.5) is 13.2 Å². The number of hydrogen-bond donors (Lipinski definition) is 2. The maximum atomic E-state index is 11.9. The van der Waals surface area contributed by atoms with Gasteiger partial charge in [-0.1, -0.05) is 13.8 Å². The first-order chi connectivity index (χ1) is 8.98. The van der Waals surface area contributed by atoms with E-state index in [1.165, 1.54) is 0 Å². The molecule has 0 atom stereocenters. The third kappa shape index (κ3) is 6.56. The Morgan fingerprint density at radius 3 is 2.05 bits per heavy atom. The molecule has 9 heteroatoms. The van der Waals surface area contributed by atoms with Crippen molar-refractivity contribution in [2.75, 3.05) is 12.3 Å². The molecule has 0 unspecified atom stereocenters. The topological polar surface area (TPSA) is 83.5 Å². The molecule has 0 aromatic rings. The number of sulfonamides is 1. The van der Waals surface area contributed by atoms with Gasteiger partial charge in [0.05, 0.1) is 11.2 Å². The zero-order valence-corrected chi connectivity index (χ0v) is 12.3. The highest BCUT2D eigenvalue weighted by Crippen LogP contribution is 2.26. The van der Waals surface area contributed by atoms with Crippen LogP contribution in [0, 0.1) is 5.41 Å². The summed E-state index contributed by atoms with van der Waals surface area (Å²) < 4.78 is 61.0. The van der Waals surface area contributed by atoms with Crippen LogP contribution in [0.25, 0.3) is 0 Å². The van der Waals surface area contributed by atoms with Gasteiger partial charge in [-0.05, 0) is 19.3 Å². The molecule has 2 N–H and O–H groups in total. The van der Waals surface area contributed by atoms with Crippen LogP contribution >= 0.6 is 0 Å². The van der Waals surface area contributed by atoms with Gasteiger partial charge in [-0.15, -0.1) is 0 Å². The molecule has 0 aliphatic rings. The molecular formula is C11H20F3NO4S. The molecule has 0 saturated heterocycles. The summed E-state index contributed by atoms with van der Waals surface area (Å²) in [5.41, 5.74) is -1.23. The van der Waals surface area contributed by atoms with Gasteiger partial charge in [-0.3, -0.25) is 4.79 Å². The van der Waals surface area contributed by atoms with E-state index in [0.717, 1.165) is 0 Å². The molecule has 0 amide bonds. The van der Waals surface area contributed by atoms with E-state index in [1.807, 2.05) is 0 Å². The van der Waals surface area contributed by atoms with Gasteiger partial charge < -0.3 is 5.11 Å². The van der Waals surface area contributed by atoms with Gasteiger partial charge in [-0.25, -0.2) is 13.1 Å². The lowest BCUT2D eigenvalue weighted by Gasteiger charge is -2.26. The highest BCUT2D eigenvalue weighted by atomic mass is 32.2. The summed E-state index contributed by atoms with van der Waals surface area (Å²) in [7, 11) is -3.90. The predicted octanol–water partition coefficient (Wildman–Crippen LogP) is 2.14. The number of aliphatic carboxylic acids is 1. The molecule has 0 aromatic carbocycles. The smallest absolute Gasteiger partial charge is 0.389 e. The summed E-state index contributed by atoms with van der Waals surface area (Å²) in [5.74, 6) is -1.80. The maximum Gasteiger partial charge on any atom is 0.389 e. The lowest BCUT2D eigenvalue weighted by molar-refractivity contribution is -0.149. The van der Waals surface area contributed by atoms with Crippen LogP contribution in [0.15, 0.2) is 0 Å². The molecule has 0 bridgehead atoms. The average molecular weight is 319 g/mol. The summed E-state index contributed by atoms with van der Waals surface area (Å²) in [5, 5.41) is 9.12. The van der Waals surface area contributed by atoms with Crippen LogP contribution < -0.4 is 4.72 Å². The van der Waals surface area contributed by atoms with E-state index in [9.17, 15) is 26.4 Å². The summed E-state index contributed by atoms with van der Waals surface area (Å²) >= 11 is 0. The minimum absolute atomic E-state index is 0.226. The normalized spacial score (nSPS) is 13.4. The summed E-state index contributed by atoms with van der Waals surface area (Å²) in [6, 6.07) is 0. The first-order valence-electron chi connectivity index (χ1n) is 6.25. The fourth-order valence-electron chi connectivity index (χ4n) is 1.66. The number of carboxylic acids is 1. The second-order valence-electron chi connectivity index (χ2n) is 4.65. The number of rotatable bonds is 9. The molecule has 20 heavy (non-hydrogen) atoms. The van der Waals surface area contributed by atoms with Crippen molar-refractivity contribution in [3.63, 3.8) is 0 Å². The molecular weight excluding hydrogens is 299 g/mol. The second kappa shape index (κ2) is 7.26. The number of nitrogens with one attached hydrogen (secondary N) is 1. The quantitative estimate of drug-likeness (QED) is 0.682. The minimum atomic E-state index is -4.40. The Kier molecular flexibility index (Phi) is 6.96. The number of alkyl halides is 3. The van der Waals surface area contributed by atoms with Gasteiger partial charge in [-0.2, -0.15) is 13.2 Å². The van der Waals surface area contributed by atoms with Gasteiger partial charge >= 0.3 is 12.1 Å². The molecule has 0 aromatic heterocycles. The molecule has 0 aliphatic heterocycles. The molecule has 0 spiro atoms. The van der Waals surface area contributed by atoms with Crippen LogP contribution in [-0.4, -0.2) is 38.0 Å². The highest BCUT2D eigenvalue weighted by Gasteiger charge is 2.36. The average Bonchev–Trinajstić information content (AvgIpc) is 2.28. The third-order valence-electron chi connectivity index (χ3n) is 3.31. The fraction of sp³-hybridized carbons (Fsp3) is 0.909. The van der Waals surface area contributed by atoms with Crippen molar-refractivity contribution in [2.24, 2.45) is 5.41 Å².